The van der Waals surface area contributed by atoms with Crippen molar-refractivity contribution in [2.24, 2.45) is 0 Å². The zero-order chi connectivity index (χ0) is 11.5. The van der Waals surface area contributed by atoms with E-state index in [-0.39, 0.29) is 6.42 Å². The number of nitrogens with zero attached hydrogens (tertiary/aromatic N) is 1. The standard InChI is InChI=1S/C11H8BrNO2S/c12-8-3-1-7(2-4-8)9-6-16-10(13-9)5-11(14)15/h1-4,6H,5H2,(H,14,15). The average Bonchev–Trinajstić information content (AvgIpc) is 2.66. The van der Waals surface area contributed by atoms with Crippen molar-refractivity contribution < 1.29 is 9.90 Å². The molecule has 3 nitrogen and oxygen atoms in total. The summed E-state index contributed by atoms with van der Waals surface area (Å²) in [5.74, 6) is -0.850. The van der Waals surface area contributed by atoms with E-state index in [4.69, 9.17) is 5.11 Å². The lowest BCUT2D eigenvalue weighted by molar-refractivity contribution is -0.136. The minimum absolute atomic E-state index is 0.0127. The molecule has 0 atom stereocenters. The molecule has 16 heavy (non-hydrogen) atoms. The smallest absolute Gasteiger partial charge is 0.310 e. The number of carboxylic acids is 1. The van der Waals surface area contributed by atoms with Crippen molar-refractivity contribution in [2.45, 2.75) is 6.42 Å². The highest BCUT2D eigenvalue weighted by Gasteiger charge is 2.07. The van der Waals surface area contributed by atoms with Gasteiger partial charge in [-0.15, -0.1) is 11.3 Å². The van der Waals surface area contributed by atoms with Crippen LogP contribution >= 0.6 is 27.3 Å². The Morgan fingerprint density at radius 3 is 2.69 bits per heavy atom. The van der Waals surface area contributed by atoms with Crippen LogP contribution in [-0.4, -0.2) is 16.1 Å². The van der Waals surface area contributed by atoms with Gasteiger partial charge in [-0.3, -0.25) is 4.79 Å². The summed E-state index contributed by atoms with van der Waals surface area (Å²) in [6, 6.07) is 7.77. The number of hydrogen-bond acceptors (Lipinski definition) is 3. The van der Waals surface area contributed by atoms with Gasteiger partial charge in [0.05, 0.1) is 12.1 Å². The third-order valence-corrected chi connectivity index (χ3v) is 3.37. The second-order valence-electron chi connectivity index (χ2n) is 3.20. The van der Waals surface area contributed by atoms with Crippen molar-refractivity contribution in [3.63, 3.8) is 0 Å². The molecule has 0 spiro atoms. The van der Waals surface area contributed by atoms with E-state index in [0.717, 1.165) is 15.7 Å². The SMILES string of the molecule is O=C(O)Cc1nc(-c2ccc(Br)cc2)cs1. The predicted molar refractivity (Wildman–Crippen MR) is 66.6 cm³/mol. The molecule has 1 heterocycles. The van der Waals surface area contributed by atoms with Crippen LogP contribution in [0.2, 0.25) is 0 Å². The molecule has 0 saturated carbocycles. The molecule has 0 radical (unpaired) electrons. The Morgan fingerprint density at radius 1 is 1.38 bits per heavy atom. The fourth-order valence-electron chi connectivity index (χ4n) is 1.27. The van der Waals surface area contributed by atoms with Gasteiger partial charge in [-0.1, -0.05) is 28.1 Å². The fraction of sp³-hybridized carbons (Fsp3) is 0.0909. The average molecular weight is 298 g/mol. The molecule has 1 aromatic heterocycles. The number of thiazole rings is 1. The predicted octanol–water partition coefficient (Wildman–Crippen LogP) is 3.20. The Bertz CT molecular complexity index is 507. The van der Waals surface area contributed by atoms with E-state index in [2.05, 4.69) is 20.9 Å². The van der Waals surface area contributed by atoms with Crippen molar-refractivity contribution in [3.8, 4) is 11.3 Å². The van der Waals surface area contributed by atoms with Gasteiger partial charge >= 0.3 is 5.97 Å². The van der Waals surface area contributed by atoms with Gasteiger partial charge < -0.3 is 5.11 Å². The summed E-state index contributed by atoms with van der Waals surface area (Å²) in [5.41, 5.74) is 1.82. The molecular formula is C11H8BrNO2S. The van der Waals surface area contributed by atoms with E-state index < -0.39 is 5.97 Å². The molecule has 2 rings (SSSR count). The van der Waals surface area contributed by atoms with Crippen LogP contribution < -0.4 is 0 Å². The third-order valence-electron chi connectivity index (χ3n) is 1.99. The summed E-state index contributed by atoms with van der Waals surface area (Å²) in [6.07, 6.45) is -0.0127. The minimum Gasteiger partial charge on any atom is -0.481 e. The number of rotatable bonds is 3. The first kappa shape index (κ1) is 11.3. The normalized spacial score (nSPS) is 10.3. The van der Waals surface area contributed by atoms with Crippen LogP contribution in [0.1, 0.15) is 5.01 Å². The highest BCUT2D eigenvalue weighted by atomic mass is 79.9. The lowest BCUT2D eigenvalue weighted by atomic mass is 10.2. The molecule has 0 aliphatic heterocycles. The summed E-state index contributed by atoms with van der Waals surface area (Å²) in [5, 5.41) is 11.2. The van der Waals surface area contributed by atoms with Gasteiger partial charge in [0, 0.05) is 15.4 Å². The highest BCUT2D eigenvalue weighted by molar-refractivity contribution is 9.10. The summed E-state index contributed by atoms with van der Waals surface area (Å²) < 4.78 is 1.01. The Kier molecular flexibility index (Phi) is 3.36. The first-order valence-corrected chi connectivity index (χ1v) is 6.24. The maximum absolute atomic E-state index is 10.5. The third kappa shape index (κ3) is 2.68. The first-order valence-electron chi connectivity index (χ1n) is 4.57. The van der Waals surface area contributed by atoms with Crippen molar-refractivity contribution in [1.82, 2.24) is 4.98 Å². The van der Waals surface area contributed by atoms with Crippen LogP contribution in [0.4, 0.5) is 0 Å². The van der Waals surface area contributed by atoms with Crippen molar-refractivity contribution >= 4 is 33.2 Å². The Hall–Kier alpha value is -1.20. The second kappa shape index (κ2) is 4.76. The van der Waals surface area contributed by atoms with Crippen LogP contribution in [0.15, 0.2) is 34.1 Å². The number of benzene rings is 1. The van der Waals surface area contributed by atoms with E-state index >= 15 is 0 Å². The van der Waals surface area contributed by atoms with Gasteiger partial charge in [-0.2, -0.15) is 0 Å². The molecule has 0 fully saturated rings. The van der Waals surface area contributed by atoms with E-state index in [1.54, 1.807) is 0 Å². The van der Waals surface area contributed by atoms with E-state index in [0.29, 0.717) is 5.01 Å². The maximum atomic E-state index is 10.5. The Morgan fingerprint density at radius 2 is 2.06 bits per heavy atom. The quantitative estimate of drug-likeness (QED) is 0.946. The summed E-state index contributed by atoms with van der Waals surface area (Å²) in [4.78, 5) is 14.8. The van der Waals surface area contributed by atoms with Gasteiger partial charge in [-0.05, 0) is 12.1 Å². The largest absolute Gasteiger partial charge is 0.481 e. The van der Waals surface area contributed by atoms with Crippen molar-refractivity contribution in [3.05, 3.63) is 39.1 Å². The van der Waals surface area contributed by atoms with Gasteiger partial charge in [0.15, 0.2) is 0 Å². The molecule has 2 aromatic rings. The molecule has 0 unspecified atom stereocenters. The molecule has 5 heteroatoms. The second-order valence-corrected chi connectivity index (χ2v) is 5.06. The molecule has 0 saturated heterocycles. The first-order chi connectivity index (χ1) is 7.65. The van der Waals surface area contributed by atoms with Crippen LogP contribution in [0, 0.1) is 0 Å². The molecule has 0 aliphatic carbocycles. The van der Waals surface area contributed by atoms with Crippen molar-refractivity contribution in [1.29, 1.82) is 0 Å². The molecule has 0 bridgehead atoms. The van der Waals surface area contributed by atoms with E-state index in [1.807, 2.05) is 29.6 Å². The monoisotopic (exact) mass is 297 g/mol. The van der Waals surface area contributed by atoms with Gasteiger partial charge in [0.25, 0.3) is 0 Å². The molecule has 0 amide bonds. The lowest BCUT2D eigenvalue weighted by Gasteiger charge is -1.96. The summed E-state index contributed by atoms with van der Waals surface area (Å²) in [7, 11) is 0. The topological polar surface area (TPSA) is 50.2 Å². The zero-order valence-electron chi connectivity index (χ0n) is 8.18. The number of hydrogen-bond donors (Lipinski definition) is 1. The number of halogens is 1. The number of carboxylic acid groups (broad SMARTS) is 1. The lowest BCUT2D eigenvalue weighted by Crippen LogP contribution is -1.99. The molecule has 0 aliphatic rings. The van der Waals surface area contributed by atoms with E-state index in [1.165, 1.54) is 11.3 Å². The number of aliphatic carboxylic acids is 1. The Labute approximate surface area is 105 Å². The zero-order valence-corrected chi connectivity index (χ0v) is 10.6. The van der Waals surface area contributed by atoms with Crippen LogP contribution in [0.3, 0.4) is 0 Å². The van der Waals surface area contributed by atoms with Gasteiger partial charge in [0.2, 0.25) is 0 Å². The molecule has 82 valence electrons. The molecule has 1 aromatic carbocycles. The maximum Gasteiger partial charge on any atom is 0.310 e. The highest BCUT2D eigenvalue weighted by Crippen LogP contribution is 2.23. The van der Waals surface area contributed by atoms with Crippen LogP contribution in [0.25, 0.3) is 11.3 Å². The van der Waals surface area contributed by atoms with Gasteiger partial charge in [-0.25, -0.2) is 4.98 Å². The summed E-state index contributed by atoms with van der Waals surface area (Å²) >= 11 is 4.73. The Balaban J connectivity index is 2.24. The van der Waals surface area contributed by atoms with Crippen LogP contribution in [-0.2, 0) is 11.2 Å². The van der Waals surface area contributed by atoms with Crippen LogP contribution in [0.5, 0.6) is 0 Å². The van der Waals surface area contributed by atoms with Crippen molar-refractivity contribution in [2.75, 3.05) is 0 Å². The minimum atomic E-state index is -0.850. The molecular weight excluding hydrogens is 290 g/mol. The van der Waals surface area contributed by atoms with Gasteiger partial charge in [0.1, 0.15) is 5.01 Å². The number of carbonyl (C=O) groups is 1. The number of aromatic nitrogens is 1. The van der Waals surface area contributed by atoms with E-state index in [9.17, 15) is 4.79 Å². The fourth-order valence-corrected chi connectivity index (χ4v) is 2.33. The molecule has 1 N–H and O–H groups in total. The summed E-state index contributed by atoms with van der Waals surface area (Å²) in [6.45, 7) is 0.